The lowest BCUT2D eigenvalue weighted by Crippen LogP contribution is -2.42. The maximum atomic E-state index is 5.57. The van der Waals surface area contributed by atoms with Gasteiger partial charge in [-0.15, -0.1) is 0 Å². The maximum Gasteiger partial charge on any atom is 0.161 e. The van der Waals surface area contributed by atoms with Crippen LogP contribution in [0.5, 0.6) is 11.5 Å². The molecule has 0 radical (unpaired) electrons. The van der Waals surface area contributed by atoms with Crippen LogP contribution in [0.1, 0.15) is 31.2 Å². The van der Waals surface area contributed by atoms with Crippen LogP contribution in [-0.4, -0.2) is 33.5 Å². The summed E-state index contributed by atoms with van der Waals surface area (Å²) in [7, 11) is 5.12. The highest BCUT2D eigenvalue weighted by molar-refractivity contribution is 5.42. The molecule has 1 saturated carbocycles. The minimum Gasteiger partial charge on any atom is -0.493 e. The monoisotopic (exact) mass is 279 g/mol. The lowest BCUT2D eigenvalue weighted by molar-refractivity contribution is 0.0413. The third-order valence-corrected chi connectivity index (χ3v) is 4.02. The van der Waals surface area contributed by atoms with E-state index in [0.717, 1.165) is 24.5 Å². The van der Waals surface area contributed by atoms with Crippen LogP contribution in [0.4, 0.5) is 0 Å². The second kappa shape index (κ2) is 7.50. The van der Waals surface area contributed by atoms with Gasteiger partial charge in [-0.1, -0.05) is 18.9 Å². The first-order valence-corrected chi connectivity index (χ1v) is 7.25. The molecule has 0 heterocycles. The number of methoxy groups -OCH3 is 3. The highest BCUT2D eigenvalue weighted by Gasteiger charge is 2.24. The molecule has 20 heavy (non-hydrogen) atoms. The zero-order valence-electron chi connectivity index (χ0n) is 12.6. The minimum absolute atomic E-state index is 0.337. The number of nitrogens with one attached hydrogen (secondary N) is 1. The molecule has 0 aliphatic heterocycles. The summed E-state index contributed by atoms with van der Waals surface area (Å²) in [6, 6.07) is 6.49. The van der Waals surface area contributed by atoms with Gasteiger partial charge in [-0.25, -0.2) is 0 Å². The van der Waals surface area contributed by atoms with E-state index in [1.165, 1.54) is 24.8 Å². The van der Waals surface area contributed by atoms with E-state index in [-0.39, 0.29) is 0 Å². The molecule has 1 aromatic rings. The van der Waals surface area contributed by atoms with Crippen molar-refractivity contribution in [3.63, 3.8) is 0 Å². The molecule has 4 heteroatoms. The van der Waals surface area contributed by atoms with Gasteiger partial charge in [-0.3, -0.25) is 0 Å². The molecule has 1 N–H and O–H groups in total. The molecule has 0 unspecified atom stereocenters. The quantitative estimate of drug-likeness (QED) is 0.869. The Morgan fingerprint density at radius 1 is 1.05 bits per heavy atom. The molecule has 0 spiro atoms. The molecule has 0 aromatic heterocycles. The van der Waals surface area contributed by atoms with Crippen molar-refractivity contribution < 1.29 is 14.2 Å². The Hall–Kier alpha value is -1.26. The maximum absolute atomic E-state index is 5.57. The van der Waals surface area contributed by atoms with Gasteiger partial charge in [0.05, 0.1) is 20.3 Å². The van der Waals surface area contributed by atoms with Crippen molar-refractivity contribution in [2.24, 2.45) is 0 Å². The second-order valence-electron chi connectivity index (χ2n) is 5.24. The van der Waals surface area contributed by atoms with Crippen LogP contribution in [0.3, 0.4) is 0 Å². The Kier molecular flexibility index (Phi) is 5.68. The van der Waals surface area contributed by atoms with Crippen molar-refractivity contribution in [2.45, 2.75) is 44.4 Å². The van der Waals surface area contributed by atoms with Gasteiger partial charge in [0.2, 0.25) is 0 Å². The Balaban J connectivity index is 1.96. The molecule has 4 nitrogen and oxygen atoms in total. The van der Waals surface area contributed by atoms with Crippen molar-refractivity contribution in [3.05, 3.63) is 23.8 Å². The molecular weight excluding hydrogens is 254 g/mol. The van der Waals surface area contributed by atoms with Gasteiger partial charge in [0.1, 0.15) is 0 Å². The van der Waals surface area contributed by atoms with Gasteiger partial charge in [0.15, 0.2) is 11.5 Å². The average Bonchev–Trinajstić information content (AvgIpc) is 2.52. The van der Waals surface area contributed by atoms with Crippen molar-refractivity contribution in [1.82, 2.24) is 5.32 Å². The van der Waals surface area contributed by atoms with E-state index in [1.54, 1.807) is 21.3 Å². The Bertz CT molecular complexity index is 422. The predicted molar refractivity (Wildman–Crippen MR) is 79.4 cm³/mol. The van der Waals surface area contributed by atoms with Crippen LogP contribution >= 0.6 is 0 Å². The number of hydrogen-bond donors (Lipinski definition) is 1. The number of benzene rings is 1. The lowest BCUT2D eigenvalue weighted by Gasteiger charge is -2.31. The molecule has 0 saturated heterocycles. The van der Waals surface area contributed by atoms with Gasteiger partial charge in [-0.05, 0) is 30.5 Å². The van der Waals surface area contributed by atoms with Crippen LogP contribution in [-0.2, 0) is 11.3 Å². The van der Waals surface area contributed by atoms with E-state index >= 15 is 0 Å². The highest BCUT2D eigenvalue weighted by atomic mass is 16.5. The molecule has 1 aliphatic rings. The molecule has 2 atom stereocenters. The molecule has 0 amide bonds. The molecule has 1 fully saturated rings. The van der Waals surface area contributed by atoms with Crippen LogP contribution < -0.4 is 14.8 Å². The summed E-state index contributed by atoms with van der Waals surface area (Å²) in [6.07, 6.45) is 5.23. The topological polar surface area (TPSA) is 39.7 Å². The molecular formula is C16H25NO3. The van der Waals surface area contributed by atoms with Crippen LogP contribution in [0, 0.1) is 0 Å². The fourth-order valence-corrected chi connectivity index (χ4v) is 2.85. The minimum atomic E-state index is 0.337. The first-order chi connectivity index (χ1) is 9.78. The summed E-state index contributed by atoms with van der Waals surface area (Å²) in [5.41, 5.74) is 1.20. The third kappa shape index (κ3) is 3.64. The molecule has 2 rings (SSSR count). The van der Waals surface area contributed by atoms with Crippen LogP contribution in [0.25, 0.3) is 0 Å². The number of rotatable bonds is 6. The SMILES string of the molecule is COc1ccc(CN[C@H]2CCCC[C@@H]2OC)cc1OC. The fourth-order valence-electron chi connectivity index (χ4n) is 2.85. The van der Waals surface area contributed by atoms with E-state index < -0.39 is 0 Å². The van der Waals surface area contributed by atoms with Crippen LogP contribution in [0.2, 0.25) is 0 Å². The number of hydrogen-bond acceptors (Lipinski definition) is 4. The van der Waals surface area contributed by atoms with Gasteiger partial charge in [0, 0.05) is 19.7 Å². The van der Waals surface area contributed by atoms with E-state index in [0.29, 0.717) is 12.1 Å². The lowest BCUT2D eigenvalue weighted by atomic mass is 9.92. The Morgan fingerprint density at radius 2 is 1.80 bits per heavy atom. The van der Waals surface area contributed by atoms with Crippen molar-refractivity contribution in [3.8, 4) is 11.5 Å². The molecule has 1 aliphatic carbocycles. The third-order valence-electron chi connectivity index (χ3n) is 4.02. The predicted octanol–water partition coefficient (Wildman–Crippen LogP) is 2.75. The molecule has 1 aromatic carbocycles. The second-order valence-corrected chi connectivity index (χ2v) is 5.24. The van der Waals surface area contributed by atoms with E-state index in [2.05, 4.69) is 11.4 Å². The van der Waals surface area contributed by atoms with E-state index in [1.807, 2.05) is 12.1 Å². The summed E-state index contributed by atoms with van der Waals surface area (Å²) >= 11 is 0. The molecule has 112 valence electrons. The molecule has 0 bridgehead atoms. The van der Waals surface area contributed by atoms with Crippen molar-refractivity contribution in [1.29, 1.82) is 0 Å². The van der Waals surface area contributed by atoms with Crippen molar-refractivity contribution in [2.75, 3.05) is 21.3 Å². The van der Waals surface area contributed by atoms with E-state index in [4.69, 9.17) is 14.2 Å². The summed E-state index contributed by atoms with van der Waals surface area (Å²) in [4.78, 5) is 0. The smallest absolute Gasteiger partial charge is 0.161 e. The first kappa shape index (κ1) is 15.1. The standard InChI is InChI=1S/C16H25NO3/c1-18-14-7-5-4-6-13(14)17-11-12-8-9-15(19-2)16(10-12)20-3/h8-10,13-14,17H,4-7,11H2,1-3H3/t13-,14-/m0/s1. The zero-order valence-corrected chi connectivity index (χ0v) is 12.6. The summed E-state index contributed by atoms with van der Waals surface area (Å²) in [6.45, 7) is 0.824. The average molecular weight is 279 g/mol. The van der Waals surface area contributed by atoms with E-state index in [9.17, 15) is 0 Å². The van der Waals surface area contributed by atoms with Gasteiger partial charge >= 0.3 is 0 Å². The Labute approximate surface area is 121 Å². The number of ether oxygens (including phenoxy) is 3. The fraction of sp³-hybridized carbons (Fsp3) is 0.625. The largest absolute Gasteiger partial charge is 0.493 e. The van der Waals surface area contributed by atoms with Crippen LogP contribution in [0.15, 0.2) is 18.2 Å². The van der Waals surface area contributed by atoms with Crippen molar-refractivity contribution >= 4 is 0 Å². The van der Waals surface area contributed by atoms with Gasteiger partial charge in [0.25, 0.3) is 0 Å². The summed E-state index contributed by atoms with van der Waals surface area (Å²) < 4.78 is 16.2. The Morgan fingerprint density at radius 3 is 2.50 bits per heavy atom. The first-order valence-electron chi connectivity index (χ1n) is 7.25. The summed E-state index contributed by atoms with van der Waals surface area (Å²) in [5, 5.41) is 3.61. The zero-order chi connectivity index (χ0) is 14.4. The summed E-state index contributed by atoms with van der Waals surface area (Å²) in [5.74, 6) is 1.54. The highest BCUT2D eigenvalue weighted by Crippen LogP contribution is 2.28. The normalized spacial score (nSPS) is 22.6. The van der Waals surface area contributed by atoms with Gasteiger partial charge in [-0.2, -0.15) is 0 Å². The van der Waals surface area contributed by atoms with Gasteiger partial charge < -0.3 is 19.5 Å².